The molecule has 1 N–H and O–H groups in total. The van der Waals surface area contributed by atoms with E-state index in [0.29, 0.717) is 30.9 Å². The van der Waals surface area contributed by atoms with Gasteiger partial charge in [-0.3, -0.25) is 9.69 Å². The van der Waals surface area contributed by atoms with Crippen LogP contribution in [0.15, 0.2) is 48.5 Å². The van der Waals surface area contributed by atoms with E-state index in [0.717, 1.165) is 17.0 Å². The molecule has 0 bridgehead atoms. The predicted molar refractivity (Wildman–Crippen MR) is 137 cm³/mol. The summed E-state index contributed by atoms with van der Waals surface area (Å²) in [6, 6.07) is 14.6. The summed E-state index contributed by atoms with van der Waals surface area (Å²) in [5.74, 6) is 0.322. The Kier molecular flexibility index (Phi) is 8.62. The zero-order valence-electron chi connectivity index (χ0n) is 21.2. The van der Waals surface area contributed by atoms with Crippen LogP contribution < -0.4 is 15.1 Å². The average molecular weight is 483 g/mol. The Labute approximate surface area is 207 Å². The molecule has 8 heteroatoms. The molecule has 1 aliphatic heterocycles. The number of rotatable bonds is 7. The maximum absolute atomic E-state index is 12.9. The van der Waals surface area contributed by atoms with Gasteiger partial charge >= 0.3 is 6.09 Å². The molecule has 0 radical (unpaired) electrons. The van der Waals surface area contributed by atoms with Crippen LogP contribution in [0, 0.1) is 5.21 Å². The third kappa shape index (κ3) is 7.62. The molecule has 2 amide bonds. The Bertz CT molecular complexity index is 1010. The van der Waals surface area contributed by atoms with Crippen molar-refractivity contribution in [2.75, 3.05) is 25.3 Å². The van der Waals surface area contributed by atoms with E-state index in [1.165, 1.54) is 17.5 Å². The molecule has 1 unspecified atom stereocenters. The number of nitrogens with one attached hydrogen (secondary N) is 1. The van der Waals surface area contributed by atoms with Gasteiger partial charge in [-0.1, -0.05) is 36.4 Å². The number of aryl methyl sites for hydroxylation is 1. The minimum atomic E-state index is -0.736. The fraction of sp³-hybridized carbons (Fsp3) is 0.481. The standard InChI is InChI=1S/C27H36N3O5/c1-19(29(5)26(32)35-27(2,3)4)25(31)28-22-13-11-21-12-14-23(17-24(21)30(33)18-22)34-16-15-20-9-7-6-8-10-20/h6-10,12,14,17,19,22H,11,13,15-16,18H2,1-5H3,(H,28,31)/q-1/t19-,22?/m0/s1. The first-order valence-electron chi connectivity index (χ1n) is 12.0. The number of hydroxylamine groups is 1. The lowest BCUT2D eigenvalue weighted by molar-refractivity contribution is -0.126. The number of amides is 2. The average Bonchev–Trinajstić information content (AvgIpc) is 2.96. The molecule has 2 aromatic carbocycles. The van der Waals surface area contributed by atoms with Crippen LogP contribution in [-0.4, -0.2) is 54.8 Å². The number of carbonyl (C=O) groups is 2. The normalized spacial score (nSPS) is 16.5. The van der Waals surface area contributed by atoms with Crippen LogP contribution in [0.25, 0.3) is 0 Å². The number of hydrogen-bond donors (Lipinski definition) is 1. The van der Waals surface area contributed by atoms with Gasteiger partial charge in [0.05, 0.1) is 6.61 Å². The van der Waals surface area contributed by atoms with Crippen molar-refractivity contribution in [3.05, 3.63) is 64.9 Å². The highest BCUT2D eigenvalue weighted by atomic mass is 16.6. The predicted octanol–water partition coefficient (Wildman–Crippen LogP) is 4.30. The van der Waals surface area contributed by atoms with E-state index in [1.54, 1.807) is 33.8 Å². The van der Waals surface area contributed by atoms with Crippen molar-refractivity contribution in [1.82, 2.24) is 10.2 Å². The van der Waals surface area contributed by atoms with Gasteiger partial charge in [-0.25, -0.2) is 4.79 Å². The third-order valence-electron chi connectivity index (χ3n) is 5.96. The van der Waals surface area contributed by atoms with E-state index < -0.39 is 17.7 Å². The molecular formula is C27H36N3O5-. The molecule has 2 atom stereocenters. The molecule has 3 rings (SSSR count). The summed E-state index contributed by atoms with van der Waals surface area (Å²) in [5.41, 5.74) is 2.03. The van der Waals surface area contributed by atoms with Gasteiger partial charge in [-0.2, -0.15) is 0 Å². The quantitative estimate of drug-likeness (QED) is 0.632. The molecule has 0 fully saturated rings. The number of anilines is 1. The van der Waals surface area contributed by atoms with E-state index in [9.17, 15) is 14.8 Å². The molecule has 2 aromatic rings. The van der Waals surface area contributed by atoms with Crippen molar-refractivity contribution in [3.63, 3.8) is 0 Å². The smallest absolute Gasteiger partial charge is 0.410 e. The first kappa shape index (κ1) is 26.3. The first-order chi connectivity index (χ1) is 16.5. The zero-order valence-corrected chi connectivity index (χ0v) is 21.2. The third-order valence-corrected chi connectivity index (χ3v) is 5.96. The van der Waals surface area contributed by atoms with Crippen molar-refractivity contribution in [2.24, 2.45) is 0 Å². The molecular weight excluding hydrogens is 446 g/mol. The number of hydrogen-bond acceptors (Lipinski definition) is 6. The highest BCUT2D eigenvalue weighted by Gasteiger charge is 2.29. The minimum Gasteiger partial charge on any atom is -0.758 e. The summed E-state index contributed by atoms with van der Waals surface area (Å²) in [4.78, 5) is 26.4. The fourth-order valence-corrected chi connectivity index (χ4v) is 3.84. The second kappa shape index (κ2) is 11.4. The molecule has 0 spiro atoms. The lowest BCUT2D eigenvalue weighted by atomic mass is 10.1. The Morgan fingerprint density at radius 2 is 1.91 bits per heavy atom. The summed E-state index contributed by atoms with van der Waals surface area (Å²) < 4.78 is 11.2. The Morgan fingerprint density at radius 3 is 2.60 bits per heavy atom. The monoisotopic (exact) mass is 482 g/mol. The summed E-state index contributed by atoms with van der Waals surface area (Å²) >= 11 is 0. The largest absolute Gasteiger partial charge is 0.758 e. The van der Waals surface area contributed by atoms with E-state index in [-0.39, 0.29) is 18.5 Å². The van der Waals surface area contributed by atoms with Crippen LogP contribution in [0.2, 0.25) is 0 Å². The maximum Gasteiger partial charge on any atom is 0.410 e. The van der Waals surface area contributed by atoms with Gasteiger partial charge in [0.25, 0.3) is 0 Å². The fourth-order valence-electron chi connectivity index (χ4n) is 3.84. The summed E-state index contributed by atoms with van der Waals surface area (Å²) in [6.07, 6.45) is 1.48. The van der Waals surface area contributed by atoms with Crippen LogP contribution in [0.1, 0.15) is 45.2 Å². The number of ether oxygens (including phenoxy) is 2. The Hall–Kier alpha value is -3.26. The summed E-state index contributed by atoms with van der Waals surface area (Å²) in [5, 5.41) is 16.8. The molecule has 0 saturated heterocycles. The van der Waals surface area contributed by atoms with Gasteiger partial charge in [0, 0.05) is 37.8 Å². The molecule has 8 nitrogen and oxygen atoms in total. The lowest BCUT2D eigenvalue weighted by Crippen LogP contribution is -2.51. The number of likely N-dealkylation sites (N-methyl/N-ethyl adjacent to an activating group) is 1. The number of nitrogens with zero attached hydrogens (tertiary/aromatic N) is 2. The molecule has 190 valence electrons. The van der Waals surface area contributed by atoms with Gasteiger partial charge in [0.15, 0.2) is 0 Å². The van der Waals surface area contributed by atoms with Gasteiger partial charge in [-0.15, -0.1) is 0 Å². The summed E-state index contributed by atoms with van der Waals surface area (Å²) in [6.45, 7) is 7.59. The van der Waals surface area contributed by atoms with E-state index in [2.05, 4.69) is 17.4 Å². The zero-order chi connectivity index (χ0) is 25.6. The number of carbonyl (C=O) groups excluding carboxylic acids is 2. The summed E-state index contributed by atoms with van der Waals surface area (Å²) in [7, 11) is 1.53. The SMILES string of the molecule is C[C@@H](C(=O)NC1CCc2ccc(OCCc3ccccc3)cc2N([O-])C1)N(C)C(=O)OC(C)(C)C. The maximum atomic E-state index is 12.9. The van der Waals surface area contributed by atoms with Crippen molar-refractivity contribution in [1.29, 1.82) is 0 Å². The Morgan fingerprint density at radius 1 is 1.20 bits per heavy atom. The second-order valence-electron chi connectivity index (χ2n) is 9.95. The minimum absolute atomic E-state index is 0.120. The molecule has 35 heavy (non-hydrogen) atoms. The molecule has 0 saturated carbocycles. The van der Waals surface area contributed by atoms with Crippen LogP contribution >= 0.6 is 0 Å². The van der Waals surface area contributed by atoms with Crippen molar-refractivity contribution < 1.29 is 19.1 Å². The van der Waals surface area contributed by atoms with Crippen molar-refractivity contribution in [2.45, 2.75) is 64.6 Å². The highest BCUT2D eigenvalue weighted by Crippen LogP contribution is 2.30. The number of benzene rings is 2. The van der Waals surface area contributed by atoms with Gasteiger partial charge in [-0.05, 0) is 57.7 Å². The molecule has 0 aromatic heterocycles. The van der Waals surface area contributed by atoms with Gasteiger partial charge in [0.2, 0.25) is 5.91 Å². The van der Waals surface area contributed by atoms with Crippen molar-refractivity contribution in [3.8, 4) is 5.75 Å². The molecule has 1 aliphatic rings. The van der Waals surface area contributed by atoms with Gasteiger partial charge < -0.3 is 25.1 Å². The molecule has 1 heterocycles. The van der Waals surface area contributed by atoms with Crippen LogP contribution in [0.4, 0.5) is 10.5 Å². The van der Waals surface area contributed by atoms with Crippen LogP contribution in [0.3, 0.4) is 0 Å². The topological polar surface area (TPSA) is 94.2 Å². The Balaban J connectivity index is 1.56. The highest BCUT2D eigenvalue weighted by molar-refractivity contribution is 5.85. The van der Waals surface area contributed by atoms with E-state index >= 15 is 0 Å². The number of fused-ring (bicyclic) bond motifs is 1. The van der Waals surface area contributed by atoms with E-state index in [1.807, 2.05) is 30.3 Å². The van der Waals surface area contributed by atoms with Crippen LogP contribution in [0.5, 0.6) is 5.75 Å². The van der Waals surface area contributed by atoms with Crippen molar-refractivity contribution >= 4 is 17.7 Å². The molecule has 0 aliphatic carbocycles. The van der Waals surface area contributed by atoms with Gasteiger partial charge in [0.1, 0.15) is 17.4 Å². The first-order valence-corrected chi connectivity index (χ1v) is 12.0. The van der Waals surface area contributed by atoms with E-state index in [4.69, 9.17) is 9.47 Å². The lowest BCUT2D eigenvalue weighted by Gasteiger charge is -2.34. The second-order valence-corrected chi connectivity index (χ2v) is 9.95. The van der Waals surface area contributed by atoms with Crippen LogP contribution in [-0.2, 0) is 22.4 Å².